The van der Waals surface area contributed by atoms with Crippen molar-refractivity contribution >= 4 is 12.0 Å². The first-order valence-electron chi connectivity index (χ1n) is 7.71. The van der Waals surface area contributed by atoms with Crippen LogP contribution in [0.4, 0.5) is 4.79 Å². The molecule has 0 aromatic rings. The lowest BCUT2D eigenvalue weighted by atomic mass is 10.2. The quantitative estimate of drug-likeness (QED) is 0.670. The molecule has 0 aliphatic carbocycles. The van der Waals surface area contributed by atoms with Crippen LogP contribution in [0.3, 0.4) is 0 Å². The Morgan fingerprint density at radius 1 is 1.05 bits per heavy atom. The van der Waals surface area contributed by atoms with Crippen LogP contribution in [0.1, 0.15) is 40.0 Å². The zero-order chi connectivity index (χ0) is 16.4. The van der Waals surface area contributed by atoms with Gasteiger partial charge in [-0.25, -0.2) is 4.79 Å². The molecule has 21 heavy (non-hydrogen) atoms. The van der Waals surface area contributed by atoms with Crippen molar-refractivity contribution in [3.8, 4) is 0 Å². The lowest BCUT2D eigenvalue weighted by Gasteiger charge is -2.33. The van der Waals surface area contributed by atoms with E-state index in [2.05, 4.69) is 11.8 Å². The third-order valence-electron chi connectivity index (χ3n) is 3.24. The van der Waals surface area contributed by atoms with Crippen molar-refractivity contribution in [1.82, 2.24) is 14.7 Å². The average molecular weight is 301 g/mol. The minimum Gasteiger partial charge on any atom is -0.481 e. The van der Waals surface area contributed by atoms with Gasteiger partial charge in [0.25, 0.3) is 0 Å². The van der Waals surface area contributed by atoms with E-state index in [1.807, 2.05) is 32.8 Å². The second kappa shape index (κ2) is 10.4. The van der Waals surface area contributed by atoms with Gasteiger partial charge in [0, 0.05) is 38.6 Å². The minimum absolute atomic E-state index is 0.0130. The molecule has 0 aliphatic rings. The summed E-state index contributed by atoms with van der Waals surface area (Å²) in [5.41, 5.74) is 0. The Hall–Kier alpha value is -1.30. The monoisotopic (exact) mass is 301 g/mol. The molecular formula is C15H31N3O3. The fourth-order valence-electron chi connectivity index (χ4n) is 2.05. The molecule has 0 spiro atoms. The third kappa shape index (κ3) is 8.55. The van der Waals surface area contributed by atoms with Crippen LogP contribution in [-0.4, -0.2) is 78.1 Å². The molecule has 124 valence electrons. The van der Waals surface area contributed by atoms with Gasteiger partial charge in [0.1, 0.15) is 0 Å². The zero-order valence-corrected chi connectivity index (χ0v) is 14.1. The highest BCUT2D eigenvalue weighted by atomic mass is 16.4. The number of carboxylic acid groups (broad SMARTS) is 1. The second-order valence-corrected chi connectivity index (χ2v) is 5.86. The molecule has 6 nitrogen and oxygen atoms in total. The van der Waals surface area contributed by atoms with Crippen LogP contribution in [0.25, 0.3) is 0 Å². The van der Waals surface area contributed by atoms with Gasteiger partial charge in [-0.05, 0) is 40.8 Å². The molecule has 0 aliphatic heterocycles. The second-order valence-electron chi connectivity index (χ2n) is 5.86. The summed E-state index contributed by atoms with van der Waals surface area (Å²) in [6, 6.07) is 0.0871. The van der Waals surface area contributed by atoms with E-state index < -0.39 is 5.97 Å². The number of rotatable bonds is 10. The first kappa shape index (κ1) is 19.7. The maximum absolute atomic E-state index is 12.6. The summed E-state index contributed by atoms with van der Waals surface area (Å²) < 4.78 is 0. The standard InChI is InChI=1S/C15H31N3O3/c1-6-9-17(12-11-16(4)5)15(21)18(13(2)3)10-7-8-14(19)20/h13H,6-12H2,1-5H3,(H,19,20). The molecule has 0 radical (unpaired) electrons. The van der Waals surface area contributed by atoms with Crippen LogP contribution < -0.4 is 0 Å². The minimum atomic E-state index is -0.816. The molecule has 2 amide bonds. The highest BCUT2D eigenvalue weighted by molar-refractivity contribution is 5.75. The number of carboxylic acids is 1. The number of urea groups is 1. The van der Waals surface area contributed by atoms with Crippen LogP contribution >= 0.6 is 0 Å². The molecule has 1 N–H and O–H groups in total. The summed E-state index contributed by atoms with van der Waals surface area (Å²) in [6.07, 6.45) is 1.51. The number of carbonyl (C=O) groups is 2. The normalized spacial score (nSPS) is 11.0. The number of hydrogen-bond donors (Lipinski definition) is 1. The average Bonchev–Trinajstić information content (AvgIpc) is 2.37. The van der Waals surface area contributed by atoms with E-state index in [9.17, 15) is 9.59 Å². The van der Waals surface area contributed by atoms with E-state index in [1.165, 1.54) is 0 Å². The van der Waals surface area contributed by atoms with Gasteiger partial charge in [0.05, 0.1) is 0 Å². The summed E-state index contributed by atoms with van der Waals surface area (Å²) >= 11 is 0. The van der Waals surface area contributed by atoms with Gasteiger partial charge in [0.2, 0.25) is 0 Å². The van der Waals surface area contributed by atoms with Crippen LogP contribution in [-0.2, 0) is 4.79 Å². The van der Waals surface area contributed by atoms with Gasteiger partial charge in [-0.1, -0.05) is 6.92 Å². The van der Waals surface area contributed by atoms with Gasteiger partial charge >= 0.3 is 12.0 Å². The molecule has 0 rings (SSSR count). The van der Waals surface area contributed by atoms with E-state index >= 15 is 0 Å². The highest BCUT2D eigenvalue weighted by Gasteiger charge is 2.22. The summed E-state index contributed by atoms with van der Waals surface area (Å²) in [4.78, 5) is 29.0. The summed E-state index contributed by atoms with van der Waals surface area (Å²) in [7, 11) is 3.98. The largest absolute Gasteiger partial charge is 0.481 e. The van der Waals surface area contributed by atoms with Crippen molar-refractivity contribution in [2.75, 3.05) is 40.3 Å². The third-order valence-corrected chi connectivity index (χ3v) is 3.24. The van der Waals surface area contributed by atoms with E-state index in [1.54, 1.807) is 4.90 Å². The number of amides is 2. The predicted molar refractivity (Wildman–Crippen MR) is 84.5 cm³/mol. The number of nitrogens with zero attached hydrogens (tertiary/aromatic N) is 3. The molecule has 0 heterocycles. The molecule has 0 unspecified atom stereocenters. The van der Waals surface area contributed by atoms with E-state index in [0.717, 1.165) is 19.5 Å². The van der Waals surface area contributed by atoms with Crippen molar-refractivity contribution in [1.29, 1.82) is 0 Å². The molecule has 0 aromatic heterocycles. The van der Waals surface area contributed by atoms with E-state index in [-0.39, 0.29) is 18.5 Å². The molecule has 0 bridgehead atoms. The lowest BCUT2D eigenvalue weighted by Crippen LogP contribution is -2.48. The maximum Gasteiger partial charge on any atom is 0.320 e. The van der Waals surface area contributed by atoms with Crippen molar-refractivity contribution in [2.45, 2.75) is 46.1 Å². The Labute approximate surface area is 128 Å². The molecule has 0 saturated heterocycles. The molecule has 0 atom stereocenters. The van der Waals surface area contributed by atoms with Crippen LogP contribution in [0.15, 0.2) is 0 Å². The smallest absolute Gasteiger partial charge is 0.320 e. The van der Waals surface area contributed by atoms with Crippen molar-refractivity contribution < 1.29 is 14.7 Å². The molecule has 0 fully saturated rings. The van der Waals surface area contributed by atoms with Gasteiger partial charge in [0.15, 0.2) is 0 Å². The predicted octanol–water partition coefficient (Wildman–Crippen LogP) is 1.96. The molecule has 0 aromatic carbocycles. The SMILES string of the molecule is CCCN(CCN(C)C)C(=O)N(CCCC(=O)O)C(C)C. The highest BCUT2D eigenvalue weighted by Crippen LogP contribution is 2.08. The maximum atomic E-state index is 12.6. The summed E-state index contributed by atoms with van der Waals surface area (Å²) in [5, 5.41) is 8.72. The summed E-state index contributed by atoms with van der Waals surface area (Å²) in [6.45, 7) is 8.73. The number of hydrogen-bond acceptors (Lipinski definition) is 3. The number of carbonyl (C=O) groups excluding carboxylic acids is 1. The van der Waals surface area contributed by atoms with E-state index in [0.29, 0.717) is 19.5 Å². The van der Waals surface area contributed by atoms with Crippen molar-refractivity contribution in [3.05, 3.63) is 0 Å². The van der Waals surface area contributed by atoms with Gasteiger partial charge < -0.3 is 19.8 Å². The Kier molecular flexibility index (Phi) is 9.78. The lowest BCUT2D eigenvalue weighted by molar-refractivity contribution is -0.137. The van der Waals surface area contributed by atoms with E-state index in [4.69, 9.17) is 5.11 Å². The Balaban J connectivity index is 4.66. The Bertz CT molecular complexity index is 319. The fraction of sp³-hybridized carbons (Fsp3) is 0.867. The Morgan fingerprint density at radius 3 is 2.10 bits per heavy atom. The van der Waals surface area contributed by atoms with Crippen LogP contribution in [0.2, 0.25) is 0 Å². The first-order chi connectivity index (χ1) is 9.79. The number of aliphatic carboxylic acids is 1. The fourth-order valence-corrected chi connectivity index (χ4v) is 2.05. The van der Waals surface area contributed by atoms with Crippen molar-refractivity contribution in [3.63, 3.8) is 0 Å². The topological polar surface area (TPSA) is 64.1 Å². The zero-order valence-electron chi connectivity index (χ0n) is 14.1. The molecular weight excluding hydrogens is 270 g/mol. The number of likely N-dealkylation sites (N-methyl/N-ethyl adjacent to an activating group) is 1. The Morgan fingerprint density at radius 2 is 1.67 bits per heavy atom. The molecule has 0 saturated carbocycles. The molecule has 6 heteroatoms. The van der Waals surface area contributed by atoms with Crippen molar-refractivity contribution in [2.24, 2.45) is 0 Å². The van der Waals surface area contributed by atoms with Gasteiger partial charge in [-0.2, -0.15) is 0 Å². The first-order valence-corrected chi connectivity index (χ1v) is 7.71. The van der Waals surface area contributed by atoms with Crippen LogP contribution in [0, 0.1) is 0 Å². The van der Waals surface area contributed by atoms with Gasteiger partial charge in [-0.3, -0.25) is 4.79 Å². The summed E-state index contributed by atoms with van der Waals surface area (Å²) in [5.74, 6) is -0.816. The van der Waals surface area contributed by atoms with Gasteiger partial charge in [-0.15, -0.1) is 0 Å². The van der Waals surface area contributed by atoms with Crippen LogP contribution in [0.5, 0.6) is 0 Å².